The Labute approximate surface area is 80.9 Å². The van der Waals surface area contributed by atoms with Crippen molar-refractivity contribution in [1.29, 1.82) is 0 Å². The Hall–Kier alpha value is -1.65. The van der Waals surface area contributed by atoms with Crippen LogP contribution in [-0.4, -0.2) is 11.5 Å². The standard InChI is InChI=1S/C9H11FN2O2/c1-3-11-8-4-6(2)9(12(13)14)5-7(8)10/h4-5,11H,3H2,1-2H3. The molecule has 0 heterocycles. The number of rotatable bonds is 3. The lowest BCUT2D eigenvalue weighted by Crippen LogP contribution is -2.01. The van der Waals surface area contributed by atoms with Gasteiger partial charge in [0.05, 0.1) is 16.7 Å². The molecule has 14 heavy (non-hydrogen) atoms. The van der Waals surface area contributed by atoms with E-state index in [-0.39, 0.29) is 5.69 Å². The molecule has 0 amide bonds. The molecule has 5 heteroatoms. The van der Waals surface area contributed by atoms with Crippen LogP contribution in [0, 0.1) is 22.9 Å². The van der Waals surface area contributed by atoms with Crippen molar-refractivity contribution in [2.75, 3.05) is 11.9 Å². The molecule has 0 spiro atoms. The fraction of sp³-hybridized carbons (Fsp3) is 0.333. The molecule has 0 bridgehead atoms. The molecule has 0 aliphatic rings. The van der Waals surface area contributed by atoms with Gasteiger partial charge in [0.1, 0.15) is 0 Å². The lowest BCUT2D eigenvalue weighted by Gasteiger charge is -2.05. The number of nitrogens with one attached hydrogen (secondary N) is 1. The van der Waals surface area contributed by atoms with Crippen LogP contribution < -0.4 is 5.32 Å². The molecular weight excluding hydrogens is 187 g/mol. The van der Waals surface area contributed by atoms with Gasteiger partial charge in [0.15, 0.2) is 5.82 Å². The normalized spacial score (nSPS) is 9.93. The van der Waals surface area contributed by atoms with Gasteiger partial charge >= 0.3 is 0 Å². The maximum atomic E-state index is 13.2. The van der Waals surface area contributed by atoms with E-state index in [1.165, 1.54) is 6.07 Å². The Kier molecular flexibility index (Phi) is 3.01. The van der Waals surface area contributed by atoms with Gasteiger partial charge < -0.3 is 5.32 Å². The van der Waals surface area contributed by atoms with Crippen molar-refractivity contribution in [1.82, 2.24) is 0 Å². The number of benzene rings is 1. The van der Waals surface area contributed by atoms with E-state index in [0.717, 1.165) is 6.07 Å². The van der Waals surface area contributed by atoms with Gasteiger partial charge in [-0.2, -0.15) is 0 Å². The molecule has 0 saturated carbocycles. The molecule has 0 unspecified atom stereocenters. The average molecular weight is 198 g/mol. The van der Waals surface area contributed by atoms with Crippen molar-refractivity contribution >= 4 is 11.4 Å². The lowest BCUT2D eigenvalue weighted by molar-refractivity contribution is -0.385. The quantitative estimate of drug-likeness (QED) is 0.599. The predicted octanol–water partition coefficient (Wildman–Crippen LogP) is 2.47. The fourth-order valence-electron chi connectivity index (χ4n) is 1.19. The van der Waals surface area contributed by atoms with Crippen molar-refractivity contribution in [2.45, 2.75) is 13.8 Å². The molecule has 0 aliphatic heterocycles. The van der Waals surface area contributed by atoms with Crippen LogP contribution in [0.2, 0.25) is 0 Å². The predicted molar refractivity (Wildman–Crippen MR) is 52.0 cm³/mol. The maximum Gasteiger partial charge on any atom is 0.275 e. The lowest BCUT2D eigenvalue weighted by atomic mass is 10.1. The molecule has 0 aromatic heterocycles. The van der Waals surface area contributed by atoms with Crippen LogP contribution in [0.1, 0.15) is 12.5 Å². The Balaban J connectivity index is 3.17. The van der Waals surface area contributed by atoms with Crippen LogP contribution >= 0.6 is 0 Å². The van der Waals surface area contributed by atoms with E-state index >= 15 is 0 Å². The van der Waals surface area contributed by atoms with Crippen LogP contribution in [0.15, 0.2) is 12.1 Å². The van der Waals surface area contributed by atoms with E-state index in [0.29, 0.717) is 17.8 Å². The SMILES string of the molecule is CCNc1cc(C)c([N+](=O)[O-])cc1F. The Bertz CT molecular complexity index is 366. The first-order valence-corrected chi connectivity index (χ1v) is 4.24. The minimum Gasteiger partial charge on any atom is -0.383 e. The summed E-state index contributed by atoms with van der Waals surface area (Å²) >= 11 is 0. The van der Waals surface area contributed by atoms with Gasteiger partial charge in [-0.15, -0.1) is 0 Å². The van der Waals surface area contributed by atoms with E-state index in [2.05, 4.69) is 5.32 Å². The summed E-state index contributed by atoms with van der Waals surface area (Å²) in [6.07, 6.45) is 0. The number of hydrogen-bond acceptors (Lipinski definition) is 3. The summed E-state index contributed by atoms with van der Waals surface area (Å²) in [6, 6.07) is 2.38. The summed E-state index contributed by atoms with van der Waals surface area (Å²) in [7, 11) is 0. The summed E-state index contributed by atoms with van der Waals surface area (Å²) in [4.78, 5) is 9.87. The van der Waals surface area contributed by atoms with Gasteiger partial charge in [-0.1, -0.05) is 0 Å². The summed E-state index contributed by atoms with van der Waals surface area (Å²) in [5.74, 6) is -0.593. The molecule has 1 aromatic carbocycles. The fourth-order valence-corrected chi connectivity index (χ4v) is 1.19. The molecule has 1 aromatic rings. The number of halogens is 1. The van der Waals surface area contributed by atoms with E-state index in [1.807, 2.05) is 6.92 Å². The number of aryl methyl sites for hydroxylation is 1. The molecule has 1 rings (SSSR count). The molecule has 4 nitrogen and oxygen atoms in total. The maximum absolute atomic E-state index is 13.2. The van der Waals surface area contributed by atoms with E-state index < -0.39 is 10.7 Å². The van der Waals surface area contributed by atoms with E-state index in [9.17, 15) is 14.5 Å². The van der Waals surface area contributed by atoms with Gasteiger partial charge in [-0.3, -0.25) is 10.1 Å². The van der Waals surface area contributed by atoms with Crippen molar-refractivity contribution in [2.24, 2.45) is 0 Å². The Morgan fingerprint density at radius 1 is 1.57 bits per heavy atom. The van der Waals surface area contributed by atoms with Crippen LogP contribution in [0.4, 0.5) is 15.8 Å². The van der Waals surface area contributed by atoms with Gasteiger partial charge in [-0.05, 0) is 19.9 Å². The highest BCUT2D eigenvalue weighted by Gasteiger charge is 2.14. The highest BCUT2D eigenvalue weighted by molar-refractivity contribution is 5.54. The zero-order valence-electron chi connectivity index (χ0n) is 8.00. The second-order valence-corrected chi connectivity index (χ2v) is 2.91. The molecule has 0 aliphatic carbocycles. The van der Waals surface area contributed by atoms with Crippen LogP contribution in [0.5, 0.6) is 0 Å². The van der Waals surface area contributed by atoms with Crippen molar-refractivity contribution in [3.05, 3.63) is 33.6 Å². The minimum absolute atomic E-state index is 0.191. The largest absolute Gasteiger partial charge is 0.383 e. The van der Waals surface area contributed by atoms with Gasteiger partial charge in [-0.25, -0.2) is 4.39 Å². The van der Waals surface area contributed by atoms with Crippen molar-refractivity contribution in [3.63, 3.8) is 0 Å². The van der Waals surface area contributed by atoms with Gasteiger partial charge in [0.25, 0.3) is 5.69 Å². The smallest absolute Gasteiger partial charge is 0.275 e. The highest BCUT2D eigenvalue weighted by Crippen LogP contribution is 2.24. The first-order valence-electron chi connectivity index (χ1n) is 4.24. The number of nitro groups is 1. The Morgan fingerprint density at radius 2 is 2.21 bits per heavy atom. The van der Waals surface area contributed by atoms with Gasteiger partial charge in [0, 0.05) is 12.1 Å². The zero-order valence-corrected chi connectivity index (χ0v) is 8.00. The molecule has 1 N–H and O–H groups in total. The highest BCUT2D eigenvalue weighted by atomic mass is 19.1. The first-order chi connectivity index (χ1) is 6.56. The van der Waals surface area contributed by atoms with E-state index in [1.54, 1.807) is 6.92 Å². The average Bonchev–Trinajstić information content (AvgIpc) is 2.10. The summed E-state index contributed by atoms with van der Waals surface area (Å²) in [5.41, 5.74) is 0.562. The summed E-state index contributed by atoms with van der Waals surface area (Å²) < 4.78 is 13.2. The topological polar surface area (TPSA) is 55.2 Å². The monoisotopic (exact) mass is 198 g/mol. The van der Waals surface area contributed by atoms with E-state index in [4.69, 9.17) is 0 Å². The number of nitrogens with zero attached hydrogens (tertiary/aromatic N) is 1. The first kappa shape index (κ1) is 10.4. The number of hydrogen-bond donors (Lipinski definition) is 1. The van der Waals surface area contributed by atoms with Gasteiger partial charge in [0.2, 0.25) is 0 Å². The minimum atomic E-state index is -0.593. The zero-order chi connectivity index (χ0) is 10.7. The molecule has 0 fully saturated rings. The number of nitro benzene ring substituents is 1. The van der Waals surface area contributed by atoms with Crippen molar-refractivity contribution in [3.8, 4) is 0 Å². The van der Waals surface area contributed by atoms with Crippen molar-refractivity contribution < 1.29 is 9.31 Å². The number of anilines is 1. The second kappa shape index (κ2) is 4.04. The molecular formula is C9H11FN2O2. The third-order valence-corrected chi connectivity index (χ3v) is 1.85. The summed E-state index contributed by atoms with van der Waals surface area (Å²) in [5, 5.41) is 13.2. The van der Waals surface area contributed by atoms with Crippen LogP contribution in [-0.2, 0) is 0 Å². The third-order valence-electron chi connectivity index (χ3n) is 1.85. The third kappa shape index (κ3) is 1.99. The molecule has 0 atom stereocenters. The molecule has 76 valence electrons. The second-order valence-electron chi connectivity index (χ2n) is 2.91. The van der Waals surface area contributed by atoms with Crippen LogP contribution in [0.25, 0.3) is 0 Å². The Morgan fingerprint density at radius 3 is 2.71 bits per heavy atom. The molecule has 0 saturated heterocycles. The van der Waals surface area contributed by atoms with Crippen LogP contribution in [0.3, 0.4) is 0 Å². The summed E-state index contributed by atoms with van der Waals surface area (Å²) in [6.45, 7) is 3.99. The molecule has 0 radical (unpaired) electrons.